The summed E-state index contributed by atoms with van der Waals surface area (Å²) in [7, 11) is 1.83. The highest BCUT2D eigenvalue weighted by atomic mass is 32.1. The van der Waals surface area contributed by atoms with Crippen LogP contribution in [-0.2, 0) is 23.9 Å². The second-order valence-electron chi connectivity index (χ2n) is 18.3. The average molecular weight is 924 g/mol. The largest absolute Gasteiger partial charge is 0.508 e. The number of piperidine rings is 1. The third kappa shape index (κ3) is 12.2. The molecule has 0 radical (unpaired) electrons. The van der Waals surface area contributed by atoms with E-state index in [1.165, 1.54) is 33.9 Å². The van der Waals surface area contributed by atoms with E-state index in [1.807, 2.05) is 77.2 Å². The van der Waals surface area contributed by atoms with Gasteiger partial charge in [0, 0.05) is 42.3 Å². The number of likely N-dealkylation sites (tertiary alicyclic amines) is 2. The van der Waals surface area contributed by atoms with Crippen LogP contribution >= 0.6 is 11.3 Å². The number of thiophene rings is 1. The van der Waals surface area contributed by atoms with E-state index in [-0.39, 0.29) is 49.7 Å². The predicted octanol–water partition coefficient (Wildman–Crippen LogP) is 7.83. The van der Waals surface area contributed by atoms with Crippen molar-refractivity contribution in [2.75, 3.05) is 65.0 Å². The second kappa shape index (κ2) is 21.8. The van der Waals surface area contributed by atoms with E-state index in [0.29, 0.717) is 30.6 Å². The number of halogens is 1. The van der Waals surface area contributed by atoms with Crippen molar-refractivity contribution in [3.8, 4) is 27.7 Å². The molecule has 2 aliphatic rings. The predicted molar refractivity (Wildman–Crippen MR) is 256 cm³/mol. The number of β-amino-alcohol motifs (C(OH)–C–C–N with tert-alkyl or cyclic N) is 1. The maximum absolute atomic E-state index is 14.0. The van der Waals surface area contributed by atoms with Gasteiger partial charge in [-0.15, -0.1) is 11.3 Å². The molecule has 2 fully saturated rings. The van der Waals surface area contributed by atoms with Crippen LogP contribution in [0.2, 0.25) is 0 Å². The molecule has 4 atom stereocenters. The van der Waals surface area contributed by atoms with Crippen LogP contribution in [0.15, 0.2) is 91.0 Å². The van der Waals surface area contributed by atoms with Crippen LogP contribution in [0.4, 0.5) is 10.1 Å². The number of ether oxygens (including phenoxy) is 3. The first-order chi connectivity index (χ1) is 31.7. The lowest BCUT2D eigenvalue weighted by Gasteiger charge is -2.35. The number of aliphatic hydroxyl groups is 1. The average Bonchev–Trinajstić information content (AvgIpc) is 3.87. The second-order valence-corrected chi connectivity index (χ2v) is 19.3. The lowest BCUT2D eigenvalue weighted by atomic mass is 9.85. The van der Waals surface area contributed by atoms with Crippen LogP contribution in [0, 0.1) is 11.2 Å². The van der Waals surface area contributed by atoms with E-state index < -0.39 is 35.4 Å². The zero-order valence-electron chi connectivity index (χ0n) is 38.3. The molecule has 4 aromatic carbocycles. The summed E-state index contributed by atoms with van der Waals surface area (Å²) >= 11 is 1.49. The molecule has 0 saturated carbocycles. The number of nitrogens with zero attached hydrogens (tertiary/aromatic N) is 2. The van der Waals surface area contributed by atoms with Crippen LogP contribution in [0.3, 0.4) is 0 Å². The Balaban J connectivity index is 0.807. The van der Waals surface area contributed by atoms with Gasteiger partial charge in [0.2, 0.25) is 17.7 Å². The highest BCUT2D eigenvalue weighted by molar-refractivity contribution is 7.22. The van der Waals surface area contributed by atoms with Crippen molar-refractivity contribution in [3.63, 3.8) is 0 Å². The summed E-state index contributed by atoms with van der Waals surface area (Å²) in [5.74, 6) is 0.422. The first kappa shape index (κ1) is 48.4. The molecular weight excluding hydrogens is 862 g/mol. The Bertz CT molecular complexity index is 2420. The third-order valence-corrected chi connectivity index (χ3v) is 13.6. The maximum Gasteiger partial charge on any atom is 0.246 e. The Hall–Kier alpha value is -5.58. The number of phenolic OH excluding ortho intramolecular Hbond substituents is 1. The lowest BCUT2D eigenvalue weighted by molar-refractivity contribution is -0.144. The molecule has 5 aromatic rings. The normalized spacial score (nSPS) is 18.0. The van der Waals surface area contributed by atoms with E-state index in [1.54, 1.807) is 24.3 Å². The molecule has 13 nitrogen and oxygen atoms in total. The van der Waals surface area contributed by atoms with Crippen LogP contribution in [-0.4, -0.2) is 116 Å². The summed E-state index contributed by atoms with van der Waals surface area (Å²) < 4.78 is 32.5. The minimum atomic E-state index is -0.951. The molecule has 2 aliphatic heterocycles. The molecule has 3 heterocycles. The Morgan fingerprint density at radius 3 is 2.27 bits per heavy atom. The highest BCUT2D eigenvalue weighted by Crippen LogP contribution is 2.47. The molecular formula is C51H62FN5O8S. The molecule has 3 amide bonds. The van der Waals surface area contributed by atoms with Crippen molar-refractivity contribution >= 4 is 44.8 Å². The molecule has 2 saturated heterocycles. The van der Waals surface area contributed by atoms with Gasteiger partial charge in [0.1, 0.15) is 36.0 Å². The first-order valence-electron chi connectivity index (χ1n) is 22.7. The van der Waals surface area contributed by atoms with Crippen LogP contribution < -0.4 is 20.7 Å². The standard InChI is InChI=1S/C51H62FN5O8S/c1-32(33-8-14-38(53-5)15-9-33)54-49(61)43-28-40(59)30-57(43)50(62)48(51(2,3)4)55-45(60)31-64-27-26-63-25-24-56-22-20-35(21-23-56)34-10-17-41(18-11-34)65-46-42-19-16-39(58)29-44(42)66-47(46)36-6-12-37(52)13-7-36/h6-19,29,32,35,40,43,48,53,58-59H,20-28,30-31H2,1-5H3,(H,54,61)(H,55,60)/t32-,40+,43-,48+/m0/s1. The van der Waals surface area contributed by atoms with E-state index in [4.69, 9.17) is 14.2 Å². The van der Waals surface area contributed by atoms with Crippen molar-refractivity contribution in [2.45, 2.75) is 77.1 Å². The fourth-order valence-corrected chi connectivity index (χ4v) is 9.77. The summed E-state index contributed by atoms with van der Waals surface area (Å²) in [6, 6.07) is 25.3. The summed E-state index contributed by atoms with van der Waals surface area (Å²) in [6.45, 7) is 10.9. The topological polar surface area (TPSA) is 162 Å². The van der Waals surface area contributed by atoms with Crippen molar-refractivity contribution in [1.82, 2.24) is 20.4 Å². The van der Waals surface area contributed by atoms with E-state index >= 15 is 0 Å². The summed E-state index contributed by atoms with van der Waals surface area (Å²) in [5, 5.41) is 30.4. The molecule has 0 unspecified atom stereocenters. The number of hydrogen-bond acceptors (Lipinski definition) is 11. The Kier molecular flexibility index (Phi) is 16.0. The summed E-state index contributed by atoms with van der Waals surface area (Å²) in [5.41, 5.74) is 3.27. The molecule has 0 bridgehead atoms. The van der Waals surface area contributed by atoms with Gasteiger partial charge in [-0.3, -0.25) is 14.4 Å². The van der Waals surface area contributed by atoms with Gasteiger partial charge >= 0.3 is 0 Å². The molecule has 66 heavy (non-hydrogen) atoms. The van der Waals surface area contributed by atoms with Crippen LogP contribution in [0.5, 0.6) is 17.2 Å². The smallest absolute Gasteiger partial charge is 0.246 e. The maximum atomic E-state index is 14.0. The molecule has 5 N–H and O–H groups in total. The number of amides is 3. The van der Waals surface area contributed by atoms with Gasteiger partial charge < -0.3 is 50.2 Å². The van der Waals surface area contributed by atoms with Crippen molar-refractivity contribution in [2.24, 2.45) is 5.41 Å². The number of aliphatic hydroxyl groups excluding tert-OH is 1. The van der Waals surface area contributed by atoms with E-state index in [9.17, 15) is 29.0 Å². The zero-order chi connectivity index (χ0) is 47.0. The van der Waals surface area contributed by atoms with E-state index in [2.05, 4.69) is 33.0 Å². The first-order valence-corrected chi connectivity index (χ1v) is 23.5. The number of phenols is 1. The number of fused-ring (bicyclic) bond motifs is 1. The third-order valence-electron chi connectivity index (χ3n) is 12.4. The number of benzene rings is 4. The van der Waals surface area contributed by atoms with Crippen LogP contribution in [0.25, 0.3) is 20.5 Å². The number of rotatable bonds is 18. The number of hydrogen-bond donors (Lipinski definition) is 5. The highest BCUT2D eigenvalue weighted by Gasteiger charge is 2.44. The monoisotopic (exact) mass is 923 g/mol. The Morgan fingerprint density at radius 1 is 0.894 bits per heavy atom. The Labute approximate surface area is 390 Å². The molecule has 1 aromatic heterocycles. The van der Waals surface area contributed by atoms with Crippen molar-refractivity contribution < 1.29 is 43.2 Å². The fraction of sp³-hybridized carbons (Fsp3) is 0.431. The molecule has 352 valence electrons. The van der Waals surface area contributed by atoms with Gasteiger partial charge in [-0.1, -0.05) is 57.2 Å². The number of nitrogens with one attached hydrogen (secondary N) is 3. The SMILES string of the molecule is CNc1ccc([C@H](C)NC(=O)[C@@H]2C[C@@H](O)CN2C(=O)[C@@H](NC(=O)COCCOCCN2CCC(c3ccc(Oc4c(-c5ccc(F)cc5)sc5cc(O)ccc45)cc3)CC2)C(C)(C)C)cc1. The van der Waals surface area contributed by atoms with Gasteiger partial charge in [-0.05, 0) is 115 Å². The van der Waals surface area contributed by atoms with Gasteiger partial charge in [-0.2, -0.15) is 0 Å². The lowest BCUT2D eigenvalue weighted by Crippen LogP contribution is -2.58. The Morgan fingerprint density at radius 2 is 1.59 bits per heavy atom. The van der Waals surface area contributed by atoms with Gasteiger partial charge in [0.05, 0.1) is 36.8 Å². The van der Waals surface area contributed by atoms with Gasteiger partial charge in [-0.25, -0.2) is 4.39 Å². The number of carbonyl (C=O) groups is 3. The van der Waals surface area contributed by atoms with Gasteiger partial charge in [0.25, 0.3) is 0 Å². The number of anilines is 1. The molecule has 0 aliphatic carbocycles. The molecule has 15 heteroatoms. The quantitative estimate of drug-likeness (QED) is 0.0548. The molecule has 7 rings (SSSR count). The minimum Gasteiger partial charge on any atom is -0.508 e. The van der Waals surface area contributed by atoms with E-state index in [0.717, 1.165) is 64.3 Å². The van der Waals surface area contributed by atoms with Crippen molar-refractivity contribution in [3.05, 3.63) is 108 Å². The fourth-order valence-electron chi connectivity index (χ4n) is 8.60. The number of carbonyl (C=O) groups excluding carboxylic acids is 3. The van der Waals surface area contributed by atoms with Gasteiger partial charge in [0.15, 0.2) is 5.75 Å². The summed E-state index contributed by atoms with van der Waals surface area (Å²) in [4.78, 5) is 45.1. The van der Waals surface area contributed by atoms with Crippen LogP contribution in [0.1, 0.15) is 70.0 Å². The summed E-state index contributed by atoms with van der Waals surface area (Å²) in [6.07, 6.45) is 1.27. The zero-order valence-corrected chi connectivity index (χ0v) is 39.2. The minimum absolute atomic E-state index is 0.00702. The number of aromatic hydroxyl groups is 1. The van der Waals surface area contributed by atoms with Crippen molar-refractivity contribution in [1.29, 1.82) is 0 Å². The molecule has 0 spiro atoms.